The summed E-state index contributed by atoms with van der Waals surface area (Å²) in [7, 11) is 0. The van der Waals surface area contributed by atoms with Crippen LogP contribution in [0.3, 0.4) is 0 Å². The van der Waals surface area contributed by atoms with Gasteiger partial charge in [0.05, 0.1) is 11.0 Å². The van der Waals surface area contributed by atoms with E-state index < -0.39 is 0 Å². The zero-order valence-corrected chi connectivity index (χ0v) is 11.7. The molecule has 0 spiro atoms. The number of hydrogen-bond donors (Lipinski definition) is 1. The predicted octanol–water partition coefficient (Wildman–Crippen LogP) is 4.16. The lowest BCUT2D eigenvalue weighted by Gasteiger charge is -2.20. The van der Waals surface area contributed by atoms with Crippen molar-refractivity contribution in [3.63, 3.8) is 0 Å². The van der Waals surface area contributed by atoms with Crippen LogP contribution in [0, 0.1) is 0 Å². The molecule has 0 saturated carbocycles. The maximum absolute atomic E-state index is 4.55. The molecular formula is C15H22N2. The van der Waals surface area contributed by atoms with E-state index in [9.17, 15) is 0 Å². The van der Waals surface area contributed by atoms with E-state index >= 15 is 0 Å². The van der Waals surface area contributed by atoms with Crippen LogP contribution < -0.4 is 0 Å². The summed E-state index contributed by atoms with van der Waals surface area (Å²) in [4.78, 5) is 7.96. The van der Waals surface area contributed by atoms with Gasteiger partial charge in [-0.05, 0) is 22.5 Å². The molecule has 0 aliphatic rings. The Morgan fingerprint density at radius 3 is 2.06 bits per heavy atom. The summed E-state index contributed by atoms with van der Waals surface area (Å²) in [6.45, 7) is 13.4. The second-order valence-electron chi connectivity index (χ2n) is 6.78. The van der Waals surface area contributed by atoms with Gasteiger partial charge in [0.1, 0.15) is 0 Å². The Morgan fingerprint density at radius 2 is 1.53 bits per heavy atom. The van der Waals surface area contributed by atoms with E-state index in [0.29, 0.717) is 0 Å². The number of aromatic amines is 1. The minimum atomic E-state index is 0.127. The average Bonchev–Trinajstić information content (AvgIpc) is 2.57. The lowest BCUT2D eigenvalue weighted by molar-refractivity contribution is 0.592. The van der Waals surface area contributed by atoms with Crippen LogP contribution in [-0.2, 0) is 10.8 Å². The Hall–Kier alpha value is -1.31. The topological polar surface area (TPSA) is 28.7 Å². The second-order valence-corrected chi connectivity index (χ2v) is 6.78. The molecule has 17 heavy (non-hydrogen) atoms. The molecule has 0 unspecified atom stereocenters. The Balaban J connectivity index is 2.74. The quantitative estimate of drug-likeness (QED) is 0.723. The number of nitrogens with one attached hydrogen (secondary N) is 1. The third kappa shape index (κ3) is 2.08. The highest BCUT2D eigenvalue weighted by Gasteiger charge is 2.23. The van der Waals surface area contributed by atoms with Gasteiger partial charge in [-0.15, -0.1) is 0 Å². The van der Waals surface area contributed by atoms with Crippen molar-refractivity contribution in [3.8, 4) is 0 Å². The van der Waals surface area contributed by atoms with Gasteiger partial charge in [0.25, 0.3) is 0 Å². The standard InChI is InChI=1S/C15H22N2/c1-14(2,3)10-7-8-16-13-11(15(4,5)6)9-17-12(10)13/h7-9,17H,1-6H3. The van der Waals surface area contributed by atoms with E-state index in [1.54, 1.807) is 0 Å². The van der Waals surface area contributed by atoms with Crippen molar-refractivity contribution >= 4 is 11.0 Å². The summed E-state index contributed by atoms with van der Waals surface area (Å²) in [6.07, 6.45) is 4.03. The first-order valence-corrected chi connectivity index (χ1v) is 6.18. The van der Waals surface area contributed by atoms with Gasteiger partial charge >= 0.3 is 0 Å². The van der Waals surface area contributed by atoms with E-state index in [1.807, 2.05) is 6.20 Å². The predicted molar refractivity (Wildman–Crippen MR) is 73.5 cm³/mol. The summed E-state index contributed by atoms with van der Waals surface area (Å²) in [5.74, 6) is 0. The van der Waals surface area contributed by atoms with Crippen LogP contribution in [0.5, 0.6) is 0 Å². The highest BCUT2D eigenvalue weighted by molar-refractivity contribution is 5.83. The van der Waals surface area contributed by atoms with E-state index in [1.165, 1.54) is 16.6 Å². The molecule has 0 aromatic carbocycles. The van der Waals surface area contributed by atoms with Crippen LogP contribution in [0.1, 0.15) is 52.7 Å². The van der Waals surface area contributed by atoms with E-state index in [4.69, 9.17) is 0 Å². The number of aromatic nitrogens is 2. The molecule has 0 atom stereocenters. The number of rotatable bonds is 0. The molecule has 92 valence electrons. The molecule has 0 fully saturated rings. The Morgan fingerprint density at radius 1 is 0.941 bits per heavy atom. The highest BCUT2D eigenvalue weighted by atomic mass is 14.8. The van der Waals surface area contributed by atoms with Crippen LogP contribution >= 0.6 is 0 Å². The third-order valence-electron chi connectivity index (χ3n) is 3.18. The van der Waals surface area contributed by atoms with E-state index in [2.05, 4.69) is 63.8 Å². The Kier molecular flexibility index (Phi) is 2.57. The second kappa shape index (κ2) is 3.59. The lowest BCUT2D eigenvalue weighted by atomic mass is 9.84. The van der Waals surface area contributed by atoms with E-state index in [0.717, 1.165) is 5.52 Å². The lowest BCUT2D eigenvalue weighted by Crippen LogP contribution is -2.13. The Labute approximate surface area is 103 Å². The highest BCUT2D eigenvalue weighted by Crippen LogP contribution is 2.33. The molecule has 2 aromatic heterocycles. The van der Waals surface area contributed by atoms with Gasteiger partial charge in [-0.25, -0.2) is 0 Å². The van der Waals surface area contributed by atoms with Gasteiger partial charge in [0, 0.05) is 18.0 Å². The summed E-state index contributed by atoms with van der Waals surface area (Å²) >= 11 is 0. The molecule has 0 bridgehead atoms. The van der Waals surface area contributed by atoms with Crippen molar-refractivity contribution in [2.75, 3.05) is 0 Å². The minimum absolute atomic E-state index is 0.127. The maximum Gasteiger partial charge on any atom is 0.0919 e. The van der Waals surface area contributed by atoms with Gasteiger partial charge in [-0.1, -0.05) is 41.5 Å². The molecule has 2 rings (SSSR count). The smallest absolute Gasteiger partial charge is 0.0919 e. The third-order valence-corrected chi connectivity index (χ3v) is 3.18. The molecule has 2 aromatic rings. The van der Waals surface area contributed by atoms with Gasteiger partial charge in [0.2, 0.25) is 0 Å². The molecule has 0 saturated heterocycles. The fourth-order valence-corrected chi connectivity index (χ4v) is 2.22. The van der Waals surface area contributed by atoms with Crippen LogP contribution in [-0.4, -0.2) is 9.97 Å². The molecule has 2 heterocycles. The fourth-order valence-electron chi connectivity index (χ4n) is 2.22. The molecular weight excluding hydrogens is 208 g/mol. The van der Waals surface area contributed by atoms with Crippen LogP contribution in [0.2, 0.25) is 0 Å². The average molecular weight is 230 g/mol. The molecule has 0 aliphatic carbocycles. The van der Waals surface area contributed by atoms with Gasteiger partial charge < -0.3 is 4.98 Å². The van der Waals surface area contributed by atoms with Crippen molar-refractivity contribution in [2.24, 2.45) is 0 Å². The molecule has 0 amide bonds. The normalized spacial score (nSPS) is 13.3. The molecule has 0 aliphatic heterocycles. The van der Waals surface area contributed by atoms with Crippen LogP contribution in [0.25, 0.3) is 11.0 Å². The van der Waals surface area contributed by atoms with Crippen LogP contribution in [0.15, 0.2) is 18.5 Å². The molecule has 2 heteroatoms. The molecule has 2 nitrogen and oxygen atoms in total. The van der Waals surface area contributed by atoms with Crippen LogP contribution in [0.4, 0.5) is 0 Å². The summed E-state index contributed by atoms with van der Waals surface area (Å²) in [6, 6.07) is 2.12. The van der Waals surface area contributed by atoms with Crippen molar-refractivity contribution in [1.29, 1.82) is 0 Å². The van der Waals surface area contributed by atoms with Gasteiger partial charge in [-0.3, -0.25) is 4.98 Å². The first kappa shape index (κ1) is 12.2. The van der Waals surface area contributed by atoms with Gasteiger partial charge in [0.15, 0.2) is 0 Å². The number of H-pyrrole nitrogens is 1. The van der Waals surface area contributed by atoms with Crippen molar-refractivity contribution < 1.29 is 0 Å². The van der Waals surface area contributed by atoms with Crippen molar-refractivity contribution in [3.05, 3.63) is 29.6 Å². The molecule has 0 radical (unpaired) electrons. The summed E-state index contributed by atoms with van der Waals surface area (Å²) < 4.78 is 0. The number of nitrogens with zero attached hydrogens (tertiary/aromatic N) is 1. The zero-order valence-electron chi connectivity index (χ0n) is 11.7. The first-order valence-electron chi connectivity index (χ1n) is 6.18. The van der Waals surface area contributed by atoms with Crippen molar-refractivity contribution in [2.45, 2.75) is 52.4 Å². The first-order chi connectivity index (χ1) is 7.71. The number of pyridine rings is 1. The Bertz CT molecular complexity index is 536. The largest absolute Gasteiger partial charge is 0.359 e. The number of hydrogen-bond acceptors (Lipinski definition) is 1. The fraction of sp³-hybridized carbons (Fsp3) is 0.533. The monoisotopic (exact) mass is 230 g/mol. The zero-order chi connectivity index (χ0) is 12.8. The number of fused-ring (bicyclic) bond motifs is 1. The maximum atomic E-state index is 4.55. The summed E-state index contributed by atoms with van der Waals surface area (Å²) in [5.41, 5.74) is 5.19. The van der Waals surface area contributed by atoms with Crippen molar-refractivity contribution in [1.82, 2.24) is 9.97 Å². The molecule has 1 N–H and O–H groups in total. The van der Waals surface area contributed by atoms with Gasteiger partial charge in [-0.2, -0.15) is 0 Å². The summed E-state index contributed by atoms with van der Waals surface area (Å²) in [5, 5.41) is 0. The van der Waals surface area contributed by atoms with E-state index in [-0.39, 0.29) is 10.8 Å². The minimum Gasteiger partial charge on any atom is -0.359 e. The SMILES string of the molecule is CC(C)(C)c1c[nH]c2c(C(C)(C)C)ccnc12.